The van der Waals surface area contributed by atoms with E-state index in [4.69, 9.17) is 11.6 Å². The number of aromatic nitrogens is 2. The second-order valence-corrected chi connectivity index (χ2v) is 4.59. The number of carbonyl (C=O) groups excluding carboxylic acids is 1. The summed E-state index contributed by atoms with van der Waals surface area (Å²) in [5, 5.41) is 8.28. The minimum atomic E-state index is -0.261. The first-order valence-corrected chi connectivity index (χ1v) is 6.14. The SMILES string of the molecule is CCC(C)(CCCl)NC(=O)c1csnn1. The van der Waals surface area contributed by atoms with Gasteiger partial charge in [0.2, 0.25) is 0 Å². The van der Waals surface area contributed by atoms with Crippen molar-refractivity contribution in [3.8, 4) is 0 Å². The number of nitrogens with one attached hydrogen (secondary N) is 1. The molecular weight excluding hydrogens is 234 g/mol. The highest BCUT2D eigenvalue weighted by Crippen LogP contribution is 2.16. The van der Waals surface area contributed by atoms with Gasteiger partial charge in [0.05, 0.1) is 0 Å². The molecule has 1 amide bonds. The monoisotopic (exact) mass is 247 g/mol. The average Bonchev–Trinajstić information content (AvgIpc) is 2.71. The third-order valence-electron chi connectivity index (χ3n) is 2.43. The molecule has 0 saturated heterocycles. The fraction of sp³-hybridized carbons (Fsp3) is 0.667. The van der Waals surface area contributed by atoms with Crippen LogP contribution in [-0.4, -0.2) is 26.9 Å². The minimum absolute atomic E-state index is 0.182. The van der Waals surface area contributed by atoms with Crippen molar-refractivity contribution in [2.75, 3.05) is 5.88 Å². The zero-order valence-electron chi connectivity index (χ0n) is 8.79. The van der Waals surface area contributed by atoms with Crippen LogP contribution < -0.4 is 5.32 Å². The Balaban J connectivity index is 2.63. The van der Waals surface area contributed by atoms with Gasteiger partial charge < -0.3 is 5.32 Å². The standard InChI is InChI=1S/C9H14ClN3OS/c1-3-9(2,4-5-10)11-8(14)7-6-15-13-12-7/h6H,3-5H2,1-2H3,(H,11,14). The van der Waals surface area contributed by atoms with Gasteiger partial charge in [0.15, 0.2) is 5.69 Å². The van der Waals surface area contributed by atoms with Crippen molar-refractivity contribution in [1.82, 2.24) is 14.9 Å². The molecule has 0 fully saturated rings. The summed E-state index contributed by atoms with van der Waals surface area (Å²) in [5.74, 6) is 0.346. The van der Waals surface area contributed by atoms with Gasteiger partial charge in [0.25, 0.3) is 5.91 Å². The Bertz CT molecular complexity index is 317. The number of halogens is 1. The number of nitrogens with zero attached hydrogens (tertiary/aromatic N) is 2. The van der Waals surface area contributed by atoms with Gasteiger partial charge in [-0.1, -0.05) is 11.4 Å². The predicted molar refractivity (Wildman–Crippen MR) is 61.4 cm³/mol. The van der Waals surface area contributed by atoms with E-state index in [9.17, 15) is 4.79 Å². The summed E-state index contributed by atoms with van der Waals surface area (Å²) < 4.78 is 3.65. The summed E-state index contributed by atoms with van der Waals surface area (Å²) in [5.41, 5.74) is 0.108. The number of amides is 1. The van der Waals surface area contributed by atoms with E-state index in [-0.39, 0.29) is 11.4 Å². The molecule has 0 bridgehead atoms. The topological polar surface area (TPSA) is 54.9 Å². The van der Waals surface area contributed by atoms with Gasteiger partial charge >= 0.3 is 0 Å². The number of carbonyl (C=O) groups is 1. The van der Waals surface area contributed by atoms with E-state index in [1.54, 1.807) is 5.38 Å². The van der Waals surface area contributed by atoms with E-state index in [0.29, 0.717) is 11.6 Å². The van der Waals surface area contributed by atoms with Crippen LogP contribution in [0.3, 0.4) is 0 Å². The van der Waals surface area contributed by atoms with Crippen LogP contribution >= 0.6 is 23.1 Å². The molecule has 0 radical (unpaired) electrons. The molecule has 1 aromatic rings. The highest BCUT2D eigenvalue weighted by Gasteiger charge is 2.24. The highest BCUT2D eigenvalue weighted by molar-refractivity contribution is 7.03. The molecule has 6 heteroatoms. The fourth-order valence-electron chi connectivity index (χ4n) is 1.14. The van der Waals surface area contributed by atoms with Crippen molar-refractivity contribution in [1.29, 1.82) is 0 Å². The predicted octanol–water partition coefficient (Wildman–Crippen LogP) is 2.07. The number of alkyl halides is 1. The van der Waals surface area contributed by atoms with Gasteiger partial charge in [0.1, 0.15) is 0 Å². The van der Waals surface area contributed by atoms with Gasteiger partial charge in [-0.25, -0.2) is 0 Å². The first-order valence-electron chi connectivity index (χ1n) is 4.77. The normalized spacial score (nSPS) is 14.6. The van der Waals surface area contributed by atoms with Crippen molar-refractivity contribution in [2.45, 2.75) is 32.2 Å². The third-order valence-corrected chi connectivity index (χ3v) is 3.13. The molecule has 0 aliphatic carbocycles. The summed E-state index contributed by atoms with van der Waals surface area (Å²) in [7, 11) is 0. The van der Waals surface area contributed by atoms with E-state index in [1.165, 1.54) is 11.5 Å². The van der Waals surface area contributed by atoms with E-state index in [1.807, 2.05) is 13.8 Å². The molecule has 0 aliphatic heterocycles. The summed E-state index contributed by atoms with van der Waals surface area (Å²) >= 11 is 6.86. The number of rotatable bonds is 5. The number of hydrogen-bond acceptors (Lipinski definition) is 4. The summed E-state index contributed by atoms with van der Waals surface area (Å²) in [4.78, 5) is 11.7. The average molecular weight is 248 g/mol. The lowest BCUT2D eigenvalue weighted by Crippen LogP contribution is -2.46. The summed E-state index contributed by atoms with van der Waals surface area (Å²) in [6.45, 7) is 4.00. The van der Waals surface area contributed by atoms with E-state index in [2.05, 4.69) is 14.9 Å². The Morgan fingerprint density at radius 3 is 2.93 bits per heavy atom. The van der Waals surface area contributed by atoms with Crippen LogP contribution in [0.2, 0.25) is 0 Å². The molecule has 1 heterocycles. The molecule has 84 valence electrons. The van der Waals surface area contributed by atoms with Crippen molar-refractivity contribution >= 4 is 29.0 Å². The van der Waals surface area contributed by atoms with Gasteiger partial charge in [-0.15, -0.1) is 16.7 Å². The molecule has 1 atom stereocenters. The number of hydrogen-bond donors (Lipinski definition) is 1. The molecule has 1 rings (SSSR count). The zero-order chi connectivity index (χ0) is 11.3. The van der Waals surface area contributed by atoms with Gasteiger partial charge in [-0.3, -0.25) is 4.79 Å². The lowest BCUT2D eigenvalue weighted by molar-refractivity contribution is 0.0896. The van der Waals surface area contributed by atoms with Crippen LogP contribution in [-0.2, 0) is 0 Å². The van der Waals surface area contributed by atoms with Crippen molar-refractivity contribution in [2.24, 2.45) is 0 Å². The van der Waals surface area contributed by atoms with E-state index in [0.717, 1.165) is 12.8 Å². The molecule has 0 aromatic carbocycles. The first-order chi connectivity index (χ1) is 7.11. The van der Waals surface area contributed by atoms with Crippen LogP contribution in [0.4, 0.5) is 0 Å². The molecule has 4 nitrogen and oxygen atoms in total. The smallest absolute Gasteiger partial charge is 0.273 e. The van der Waals surface area contributed by atoms with Crippen LogP contribution in [0.5, 0.6) is 0 Å². The maximum absolute atomic E-state index is 11.7. The molecule has 1 unspecified atom stereocenters. The van der Waals surface area contributed by atoms with E-state index < -0.39 is 0 Å². The van der Waals surface area contributed by atoms with Gasteiger partial charge in [0, 0.05) is 16.8 Å². The maximum Gasteiger partial charge on any atom is 0.273 e. The van der Waals surface area contributed by atoms with Gasteiger partial charge in [-0.05, 0) is 31.3 Å². The lowest BCUT2D eigenvalue weighted by atomic mass is 9.95. The molecule has 0 spiro atoms. The molecular formula is C9H14ClN3OS. The second kappa shape index (κ2) is 5.42. The largest absolute Gasteiger partial charge is 0.345 e. The van der Waals surface area contributed by atoms with Crippen molar-refractivity contribution in [3.63, 3.8) is 0 Å². The van der Waals surface area contributed by atoms with Crippen molar-refractivity contribution < 1.29 is 4.79 Å². The van der Waals surface area contributed by atoms with Gasteiger partial charge in [-0.2, -0.15) is 0 Å². The Kier molecular flexibility index (Phi) is 4.47. The second-order valence-electron chi connectivity index (χ2n) is 3.60. The zero-order valence-corrected chi connectivity index (χ0v) is 10.4. The van der Waals surface area contributed by atoms with Crippen molar-refractivity contribution in [3.05, 3.63) is 11.1 Å². The van der Waals surface area contributed by atoms with Crippen LogP contribution in [0.25, 0.3) is 0 Å². The third kappa shape index (κ3) is 3.43. The highest BCUT2D eigenvalue weighted by atomic mass is 35.5. The first kappa shape index (κ1) is 12.4. The molecule has 15 heavy (non-hydrogen) atoms. The quantitative estimate of drug-likeness (QED) is 0.811. The lowest BCUT2D eigenvalue weighted by Gasteiger charge is -2.28. The van der Waals surface area contributed by atoms with Crippen LogP contribution in [0.15, 0.2) is 5.38 Å². The molecule has 0 saturated carbocycles. The fourth-order valence-corrected chi connectivity index (χ4v) is 1.99. The maximum atomic E-state index is 11.7. The van der Waals surface area contributed by atoms with Crippen LogP contribution in [0, 0.1) is 0 Å². The Morgan fingerprint density at radius 2 is 2.47 bits per heavy atom. The Morgan fingerprint density at radius 1 is 1.73 bits per heavy atom. The van der Waals surface area contributed by atoms with Crippen LogP contribution in [0.1, 0.15) is 37.2 Å². The Labute approximate surface area is 98.2 Å². The summed E-state index contributed by atoms with van der Waals surface area (Å²) in [6, 6.07) is 0. The minimum Gasteiger partial charge on any atom is -0.345 e. The summed E-state index contributed by atoms with van der Waals surface area (Å²) in [6.07, 6.45) is 1.58. The van der Waals surface area contributed by atoms with E-state index >= 15 is 0 Å². The molecule has 1 aromatic heterocycles. The molecule has 1 N–H and O–H groups in total. The molecule has 0 aliphatic rings. The Hall–Kier alpha value is -0.680.